The van der Waals surface area contributed by atoms with Crippen LogP contribution in [0.4, 0.5) is 5.95 Å². The summed E-state index contributed by atoms with van der Waals surface area (Å²) in [6.45, 7) is 3.85. The number of nitrogens with zero attached hydrogens (tertiary/aromatic N) is 5. The van der Waals surface area contributed by atoms with Gasteiger partial charge >= 0.3 is 0 Å². The second kappa shape index (κ2) is 8.57. The minimum Gasteiger partial charge on any atom is -0.497 e. The van der Waals surface area contributed by atoms with E-state index in [2.05, 4.69) is 20.5 Å². The van der Waals surface area contributed by atoms with E-state index in [0.29, 0.717) is 5.95 Å². The Morgan fingerprint density at radius 2 is 1.67 bits per heavy atom. The van der Waals surface area contributed by atoms with E-state index in [-0.39, 0.29) is 0 Å². The summed E-state index contributed by atoms with van der Waals surface area (Å²) in [7, 11) is 1.65. The van der Waals surface area contributed by atoms with Gasteiger partial charge in [-0.15, -0.1) is 0 Å². The van der Waals surface area contributed by atoms with Gasteiger partial charge in [-0.2, -0.15) is 10.2 Å². The molecule has 4 aromatic rings. The Kier molecular flexibility index (Phi) is 5.52. The van der Waals surface area contributed by atoms with Crippen LogP contribution < -0.4 is 10.2 Å². The molecule has 0 saturated carbocycles. The standard InChI is InChI=1S/C23H22N6O/c1-16-13-17(2)26-23(25-16)27-24-14-19-15-29(20-7-5-4-6-8-20)28-22(19)18-9-11-21(30-3)12-10-18/h4-15H,1-3H3,(H,25,26,27)/b24-14-. The maximum atomic E-state index is 5.27. The Bertz CT molecular complexity index is 1150. The van der Waals surface area contributed by atoms with Crippen LogP contribution in [0.25, 0.3) is 16.9 Å². The number of anilines is 1. The Hall–Kier alpha value is -4.00. The number of para-hydroxylation sites is 1. The molecule has 150 valence electrons. The van der Waals surface area contributed by atoms with E-state index in [0.717, 1.165) is 39.6 Å². The first kappa shape index (κ1) is 19.3. The van der Waals surface area contributed by atoms with Crippen molar-refractivity contribution >= 4 is 12.2 Å². The summed E-state index contributed by atoms with van der Waals surface area (Å²) in [5, 5.41) is 9.13. The molecular weight excluding hydrogens is 376 g/mol. The Balaban J connectivity index is 1.68. The highest BCUT2D eigenvalue weighted by Gasteiger charge is 2.11. The number of benzene rings is 2. The Morgan fingerprint density at radius 1 is 0.967 bits per heavy atom. The van der Waals surface area contributed by atoms with Gasteiger partial charge in [0.2, 0.25) is 5.95 Å². The number of hydrogen-bond donors (Lipinski definition) is 1. The van der Waals surface area contributed by atoms with E-state index in [1.807, 2.05) is 85.4 Å². The summed E-state index contributed by atoms with van der Waals surface area (Å²) >= 11 is 0. The lowest BCUT2D eigenvalue weighted by Gasteiger charge is -2.03. The van der Waals surface area contributed by atoms with Gasteiger partial charge in [-0.1, -0.05) is 18.2 Å². The van der Waals surface area contributed by atoms with Gasteiger partial charge in [0.05, 0.1) is 19.0 Å². The van der Waals surface area contributed by atoms with Gasteiger partial charge in [0.25, 0.3) is 0 Å². The lowest BCUT2D eigenvalue weighted by atomic mass is 10.1. The van der Waals surface area contributed by atoms with Gasteiger partial charge < -0.3 is 4.74 Å². The first-order valence-electron chi connectivity index (χ1n) is 9.53. The third-order valence-electron chi connectivity index (χ3n) is 4.48. The summed E-state index contributed by atoms with van der Waals surface area (Å²) in [5.74, 6) is 1.26. The van der Waals surface area contributed by atoms with Crippen molar-refractivity contribution in [3.05, 3.63) is 83.8 Å². The third-order valence-corrected chi connectivity index (χ3v) is 4.48. The highest BCUT2D eigenvalue weighted by Crippen LogP contribution is 2.25. The predicted molar refractivity (Wildman–Crippen MR) is 118 cm³/mol. The topological polar surface area (TPSA) is 77.2 Å². The lowest BCUT2D eigenvalue weighted by Crippen LogP contribution is -1.99. The third kappa shape index (κ3) is 4.35. The number of aryl methyl sites for hydroxylation is 2. The molecular formula is C23H22N6O. The summed E-state index contributed by atoms with van der Waals surface area (Å²) < 4.78 is 7.11. The molecule has 2 heterocycles. The summed E-state index contributed by atoms with van der Waals surface area (Å²) in [4.78, 5) is 8.69. The first-order chi connectivity index (χ1) is 14.6. The zero-order valence-corrected chi connectivity index (χ0v) is 17.1. The molecule has 30 heavy (non-hydrogen) atoms. The van der Waals surface area contributed by atoms with Crippen LogP contribution >= 0.6 is 0 Å². The van der Waals surface area contributed by atoms with Crippen LogP contribution in [0.5, 0.6) is 5.75 Å². The molecule has 2 aromatic carbocycles. The zero-order chi connectivity index (χ0) is 20.9. The molecule has 0 aliphatic carbocycles. The molecule has 0 aliphatic heterocycles. The second-order valence-corrected chi connectivity index (χ2v) is 6.79. The number of nitrogens with one attached hydrogen (secondary N) is 1. The number of rotatable bonds is 6. The smallest absolute Gasteiger partial charge is 0.243 e. The van der Waals surface area contributed by atoms with Crippen LogP contribution in [-0.4, -0.2) is 33.1 Å². The molecule has 0 unspecified atom stereocenters. The summed E-state index contributed by atoms with van der Waals surface area (Å²) in [5.41, 5.74) is 8.29. The summed E-state index contributed by atoms with van der Waals surface area (Å²) in [6, 6.07) is 19.7. The van der Waals surface area contributed by atoms with Crippen LogP contribution in [-0.2, 0) is 0 Å². The highest BCUT2D eigenvalue weighted by molar-refractivity contribution is 5.89. The minimum absolute atomic E-state index is 0.463. The molecule has 1 N–H and O–H groups in total. The molecule has 0 bridgehead atoms. The van der Waals surface area contributed by atoms with Gasteiger partial charge in [-0.3, -0.25) is 0 Å². The maximum Gasteiger partial charge on any atom is 0.243 e. The molecule has 4 rings (SSSR count). The molecule has 0 radical (unpaired) electrons. The van der Waals surface area contributed by atoms with E-state index in [4.69, 9.17) is 9.84 Å². The molecule has 7 nitrogen and oxygen atoms in total. The fourth-order valence-electron chi connectivity index (χ4n) is 3.10. The van der Waals surface area contributed by atoms with E-state index < -0.39 is 0 Å². The predicted octanol–water partition coefficient (Wildman–Crippen LogP) is 4.40. The normalized spacial score (nSPS) is 11.0. The van der Waals surface area contributed by atoms with Crippen molar-refractivity contribution in [1.82, 2.24) is 19.7 Å². The maximum absolute atomic E-state index is 5.27. The molecule has 0 saturated heterocycles. The molecule has 0 aliphatic rings. The van der Waals surface area contributed by atoms with Crippen molar-refractivity contribution < 1.29 is 4.74 Å². The Labute approximate surface area is 175 Å². The van der Waals surface area contributed by atoms with Crippen LogP contribution in [0.1, 0.15) is 17.0 Å². The van der Waals surface area contributed by atoms with Crippen LogP contribution in [0.3, 0.4) is 0 Å². The fraction of sp³-hybridized carbons (Fsp3) is 0.130. The van der Waals surface area contributed by atoms with E-state index in [1.54, 1.807) is 13.3 Å². The highest BCUT2D eigenvalue weighted by atomic mass is 16.5. The molecule has 0 amide bonds. The number of aromatic nitrogens is 4. The van der Waals surface area contributed by atoms with Gasteiger partial charge in [0.1, 0.15) is 11.4 Å². The summed E-state index contributed by atoms with van der Waals surface area (Å²) in [6.07, 6.45) is 3.68. The van der Waals surface area contributed by atoms with Crippen LogP contribution in [0, 0.1) is 13.8 Å². The SMILES string of the molecule is COc1ccc(-c2nn(-c3ccccc3)cc2/C=N\Nc2nc(C)cc(C)n2)cc1. The largest absolute Gasteiger partial charge is 0.497 e. The van der Waals surface area contributed by atoms with Gasteiger partial charge in [0, 0.05) is 28.7 Å². The number of ether oxygens (including phenoxy) is 1. The minimum atomic E-state index is 0.463. The number of methoxy groups -OCH3 is 1. The van der Waals surface area contributed by atoms with Crippen molar-refractivity contribution in [3.63, 3.8) is 0 Å². The fourth-order valence-corrected chi connectivity index (χ4v) is 3.10. The van der Waals surface area contributed by atoms with Crippen molar-refractivity contribution in [3.8, 4) is 22.7 Å². The average molecular weight is 398 g/mol. The number of hydrogen-bond acceptors (Lipinski definition) is 6. The number of hydrazone groups is 1. The molecule has 7 heteroatoms. The van der Waals surface area contributed by atoms with Crippen molar-refractivity contribution in [1.29, 1.82) is 0 Å². The average Bonchev–Trinajstić information content (AvgIpc) is 3.18. The molecule has 0 fully saturated rings. The molecule has 2 aromatic heterocycles. The second-order valence-electron chi connectivity index (χ2n) is 6.79. The van der Waals surface area contributed by atoms with Crippen molar-refractivity contribution in [2.45, 2.75) is 13.8 Å². The van der Waals surface area contributed by atoms with E-state index in [1.165, 1.54) is 0 Å². The quantitative estimate of drug-likeness (QED) is 0.385. The first-order valence-corrected chi connectivity index (χ1v) is 9.53. The van der Waals surface area contributed by atoms with Crippen LogP contribution in [0.2, 0.25) is 0 Å². The van der Waals surface area contributed by atoms with E-state index in [9.17, 15) is 0 Å². The Morgan fingerprint density at radius 3 is 2.33 bits per heavy atom. The van der Waals surface area contributed by atoms with Gasteiger partial charge in [-0.05, 0) is 56.3 Å². The van der Waals surface area contributed by atoms with Gasteiger partial charge in [0.15, 0.2) is 0 Å². The van der Waals surface area contributed by atoms with Crippen LogP contribution in [0.15, 0.2) is 72.0 Å². The van der Waals surface area contributed by atoms with Crippen molar-refractivity contribution in [2.75, 3.05) is 12.5 Å². The molecule has 0 spiro atoms. The van der Waals surface area contributed by atoms with Crippen molar-refractivity contribution in [2.24, 2.45) is 5.10 Å². The zero-order valence-electron chi connectivity index (χ0n) is 17.1. The molecule has 0 atom stereocenters. The van der Waals surface area contributed by atoms with Gasteiger partial charge in [-0.25, -0.2) is 20.1 Å². The van der Waals surface area contributed by atoms with E-state index >= 15 is 0 Å². The monoisotopic (exact) mass is 398 g/mol. The lowest BCUT2D eigenvalue weighted by molar-refractivity contribution is 0.415.